The summed E-state index contributed by atoms with van der Waals surface area (Å²) in [5.74, 6) is 0.423. The smallest absolute Gasteiger partial charge is 0.159 e. The van der Waals surface area contributed by atoms with Gasteiger partial charge in [0.15, 0.2) is 5.78 Å². The molecule has 1 unspecified atom stereocenters. The van der Waals surface area contributed by atoms with Crippen LogP contribution in [0.4, 0.5) is 0 Å². The van der Waals surface area contributed by atoms with Gasteiger partial charge in [0.05, 0.1) is 0 Å². The Labute approximate surface area is 61.5 Å². The number of ketones is 1. The second-order valence-corrected chi connectivity index (χ2v) is 2.85. The average Bonchev–Trinajstić information content (AvgIpc) is 2.34. The van der Waals surface area contributed by atoms with Gasteiger partial charge >= 0.3 is 0 Å². The van der Waals surface area contributed by atoms with E-state index < -0.39 is 0 Å². The lowest BCUT2D eigenvalue weighted by Gasteiger charge is -2.05. The third kappa shape index (κ3) is 1.45. The molecule has 0 aromatic rings. The molecule has 1 heterocycles. The number of carbonyl (C=O) groups is 1. The van der Waals surface area contributed by atoms with Crippen molar-refractivity contribution < 1.29 is 4.79 Å². The minimum absolute atomic E-state index is 0.198. The Morgan fingerprint density at radius 3 is 2.90 bits per heavy atom. The Hall–Kier alpha value is -0.630. The third-order valence-electron chi connectivity index (χ3n) is 1.99. The van der Waals surface area contributed by atoms with Crippen LogP contribution in [0.15, 0.2) is 12.7 Å². The Bertz CT molecular complexity index is 153. The molecule has 2 nitrogen and oxygen atoms in total. The lowest BCUT2D eigenvalue weighted by atomic mass is 10.0. The summed E-state index contributed by atoms with van der Waals surface area (Å²) < 4.78 is 0. The maximum Gasteiger partial charge on any atom is 0.159 e. The third-order valence-corrected chi connectivity index (χ3v) is 1.99. The molecule has 1 aliphatic heterocycles. The lowest BCUT2D eigenvalue weighted by Crippen LogP contribution is -2.17. The quantitative estimate of drug-likeness (QED) is 0.525. The summed E-state index contributed by atoms with van der Waals surface area (Å²) in [4.78, 5) is 13.2. The van der Waals surface area contributed by atoms with Crippen LogP contribution in [-0.2, 0) is 4.79 Å². The van der Waals surface area contributed by atoms with Crippen molar-refractivity contribution in [2.75, 3.05) is 20.1 Å². The zero-order chi connectivity index (χ0) is 7.56. The number of likely N-dealkylation sites (tertiary alicyclic amines) is 1. The average molecular weight is 139 g/mol. The van der Waals surface area contributed by atoms with Crippen molar-refractivity contribution in [1.29, 1.82) is 0 Å². The monoisotopic (exact) mass is 139 g/mol. The fourth-order valence-corrected chi connectivity index (χ4v) is 1.33. The van der Waals surface area contributed by atoms with E-state index in [2.05, 4.69) is 11.5 Å². The summed E-state index contributed by atoms with van der Waals surface area (Å²) >= 11 is 0. The molecule has 0 radical (unpaired) electrons. The molecule has 0 spiro atoms. The zero-order valence-corrected chi connectivity index (χ0v) is 6.34. The first kappa shape index (κ1) is 7.48. The van der Waals surface area contributed by atoms with Gasteiger partial charge in [-0.05, 0) is 26.1 Å². The highest BCUT2D eigenvalue weighted by molar-refractivity contribution is 5.91. The maximum absolute atomic E-state index is 11.0. The molecular formula is C8H13NO. The van der Waals surface area contributed by atoms with Crippen LogP contribution in [0.3, 0.4) is 0 Å². The molecule has 0 amide bonds. The largest absolute Gasteiger partial charge is 0.306 e. The van der Waals surface area contributed by atoms with Gasteiger partial charge in [-0.25, -0.2) is 0 Å². The zero-order valence-electron chi connectivity index (χ0n) is 6.34. The van der Waals surface area contributed by atoms with E-state index in [9.17, 15) is 4.79 Å². The van der Waals surface area contributed by atoms with Crippen LogP contribution in [0.1, 0.15) is 6.42 Å². The van der Waals surface area contributed by atoms with Crippen molar-refractivity contribution in [2.24, 2.45) is 5.92 Å². The van der Waals surface area contributed by atoms with E-state index in [1.54, 1.807) is 0 Å². The molecule has 0 saturated carbocycles. The number of nitrogens with zero attached hydrogens (tertiary/aromatic N) is 1. The minimum atomic E-state index is 0.198. The maximum atomic E-state index is 11.0. The molecule has 1 atom stereocenters. The van der Waals surface area contributed by atoms with Gasteiger partial charge in [-0.3, -0.25) is 4.79 Å². The van der Waals surface area contributed by atoms with E-state index in [4.69, 9.17) is 0 Å². The summed E-state index contributed by atoms with van der Waals surface area (Å²) in [6.45, 7) is 5.42. The Morgan fingerprint density at radius 2 is 2.50 bits per heavy atom. The predicted molar refractivity (Wildman–Crippen MR) is 40.8 cm³/mol. The topological polar surface area (TPSA) is 20.3 Å². The highest BCUT2D eigenvalue weighted by Crippen LogP contribution is 2.14. The van der Waals surface area contributed by atoms with Gasteiger partial charge in [0.2, 0.25) is 0 Å². The Morgan fingerprint density at radius 1 is 1.80 bits per heavy atom. The van der Waals surface area contributed by atoms with Gasteiger partial charge in [0.1, 0.15) is 0 Å². The molecule has 0 bridgehead atoms. The van der Waals surface area contributed by atoms with Crippen LogP contribution in [0.25, 0.3) is 0 Å². The first-order valence-corrected chi connectivity index (χ1v) is 3.59. The summed E-state index contributed by atoms with van der Waals surface area (Å²) in [6.07, 6.45) is 2.44. The molecular weight excluding hydrogens is 126 g/mol. The second kappa shape index (κ2) is 2.97. The molecule has 10 heavy (non-hydrogen) atoms. The van der Waals surface area contributed by atoms with Crippen molar-refractivity contribution in [3.05, 3.63) is 12.7 Å². The molecule has 1 fully saturated rings. The van der Waals surface area contributed by atoms with E-state index in [1.165, 1.54) is 6.08 Å². The SMILES string of the molecule is C=CC(=O)C1CCN(C)C1. The number of rotatable bonds is 2. The van der Waals surface area contributed by atoms with Gasteiger partial charge < -0.3 is 4.90 Å². The van der Waals surface area contributed by atoms with E-state index in [0.717, 1.165) is 19.5 Å². The molecule has 56 valence electrons. The number of hydrogen-bond donors (Lipinski definition) is 0. The molecule has 1 rings (SSSR count). The molecule has 1 aliphatic rings. The van der Waals surface area contributed by atoms with Gasteiger partial charge in [-0.15, -0.1) is 0 Å². The van der Waals surface area contributed by atoms with Crippen LogP contribution in [0, 0.1) is 5.92 Å². The van der Waals surface area contributed by atoms with E-state index in [1.807, 2.05) is 7.05 Å². The molecule has 2 heteroatoms. The predicted octanol–water partition coefficient (Wildman–Crippen LogP) is 0.693. The Balaban J connectivity index is 2.44. The molecule has 0 N–H and O–H groups in total. The van der Waals surface area contributed by atoms with Gasteiger partial charge in [0, 0.05) is 12.5 Å². The molecule has 0 aromatic heterocycles. The van der Waals surface area contributed by atoms with Gasteiger partial charge in [0.25, 0.3) is 0 Å². The van der Waals surface area contributed by atoms with Crippen LogP contribution in [-0.4, -0.2) is 30.8 Å². The highest BCUT2D eigenvalue weighted by atomic mass is 16.1. The fraction of sp³-hybridized carbons (Fsp3) is 0.625. The van der Waals surface area contributed by atoms with Crippen molar-refractivity contribution in [3.8, 4) is 0 Å². The van der Waals surface area contributed by atoms with E-state index in [0.29, 0.717) is 0 Å². The van der Waals surface area contributed by atoms with Crippen LogP contribution in [0.2, 0.25) is 0 Å². The number of hydrogen-bond acceptors (Lipinski definition) is 2. The van der Waals surface area contributed by atoms with Gasteiger partial charge in [-0.1, -0.05) is 6.58 Å². The normalized spacial score (nSPS) is 26.7. The van der Waals surface area contributed by atoms with Gasteiger partial charge in [-0.2, -0.15) is 0 Å². The van der Waals surface area contributed by atoms with Crippen molar-refractivity contribution in [2.45, 2.75) is 6.42 Å². The first-order chi connectivity index (χ1) is 4.74. The van der Waals surface area contributed by atoms with E-state index in [-0.39, 0.29) is 11.7 Å². The first-order valence-electron chi connectivity index (χ1n) is 3.59. The van der Waals surface area contributed by atoms with Crippen LogP contribution in [0.5, 0.6) is 0 Å². The van der Waals surface area contributed by atoms with E-state index >= 15 is 0 Å². The molecule has 1 saturated heterocycles. The lowest BCUT2D eigenvalue weighted by molar-refractivity contribution is -0.117. The van der Waals surface area contributed by atoms with Crippen molar-refractivity contribution in [3.63, 3.8) is 0 Å². The highest BCUT2D eigenvalue weighted by Gasteiger charge is 2.23. The standard InChI is InChI=1S/C8H13NO/c1-3-8(10)7-4-5-9(2)6-7/h3,7H,1,4-6H2,2H3. The summed E-state index contributed by atoms with van der Waals surface area (Å²) in [5.41, 5.74) is 0. The molecule has 0 aromatic carbocycles. The summed E-state index contributed by atoms with van der Waals surface area (Å²) in [5, 5.41) is 0. The second-order valence-electron chi connectivity index (χ2n) is 2.85. The number of allylic oxidation sites excluding steroid dienone is 1. The van der Waals surface area contributed by atoms with Crippen LogP contribution >= 0.6 is 0 Å². The summed E-state index contributed by atoms with van der Waals surface area (Å²) in [7, 11) is 2.04. The molecule has 0 aliphatic carbocycles. The minimum Gasteiger partial charge on any atom is -0.306 e. The number of carbonyl (C=O) groups excluding carboxylic acids is 1. The van der Waals surface area contributed by atoms with Crippen molar-refractivity contribution in [1.82, 2.24) is 4.90 Å². The van der Waals surface area contributed by atoms with Crippen molar-refractivity contribution >= 4 is 5.78 Å². The van der Waals surface area contributed by atoms with Crippen LogP contribution < -0.4 is 0 Å². The fourth-order valence-electron chi connectivity index (χ4n) is 1.33. The Kier molecular flexibility index (Phi) is 2.22. The summed E-state index contributed by atoms with van der Waals surface area (Å²) in [6, 6.07) is 0.